The van der Waals surface area contributed by atoms with Crippen LogP contribution in [0.5, 0.6) is 0 Å². The largest absolute Gasteiger partial charge is 0.316 e. The molecule has 8 nitrogen and oxygen atoms in total. The van der Waals surface area contributed by atoms with E-state index in [9.17, 15) is 25.0 Å². The molecule has 0 radical (unpaired) electrons. The number of rotatable bonds is 4. The van der Waals surface area contributed by atoms with Gasteiger partial charge in [0, 0.05) is 11.1 Å². The first-order valence-electron chi connectivity index (χ1n) is 5.99. The van der Waals surface area contributed by atoms with Crippen LogP contribution in [0.1, 0.15) is 10.4 Å². The fourth-order valence-electron chi connectivity index (χ4n) is 1.75. The Hall–Kier alpha value is -2.71. The summed E-state index contributed by atoms with van der Waals surface area (Å²) in [7, 11) is 0. The highest BCUT2D eigenvalue weighted by Crippen LogP contribution is 2.30. The standard InChI is InChI=1S/C13H7Cl2N3O5/c14-7-1-3-10(15)9(5-7)13(19)16-11-4-2-8(17(20)21)6-12(11)18(22)23/h1-6H,(H,16,19). The van der Waals surface area contributed by atoms with Gasteiger partial charge in [0.25, 0.3) is 17.3 Å². The number of carbonyl (C=O) groups excluding carboxylic acids is 1. The molecule has 2 rings (SSSR count). The van der Waals surface area contributed by atoms with Crippen molar-refractivity contribution >= 4 is 46.2 Å². The predicted molar refractivity (Wildman–Crippen MR) is 84.2 cm³/mol. The van der Waals surface area contributed by atoms with E-state index in [1.165, 1.54) is 18.2 Å². The van der Waals surface area contributed by atoms with Crippen LogP contribution >= 0.6 is 23.2 Å². The lowest BCUT2D eigenvalue weighted by molar-refractivity contribution is -0.393. The summed E-state index contributed by atoms with van der Waals surface area (Å²) in [6, 6.07) is 7.07. The third kappa shape index (κ3) is 3.74. The van der Waals surface area contributed by atoms with Crippen molar-refractivity contribution in [3.8, 4) is 0 Å². The summed E-state index contributed by atoms with van der Waals surface area (Å²) in [5, 5.41) is 24.4. The Morgan fingerprint density at radius 1 is 1.00 bits per heavy atom. The van der Waals surface area contributed by atoms with Crippen LogP contribution < -0.4 is 5.32 Å². The lowest BCUT2D eigenvalue weighted by Crippen LogP contribution is -2.13. The number of benzene rings is 2. The minimum Gasteiger partial charge on any atom is -0.316 e. The quantitative estimate of drug-likeness (QED) is 0.655. The number of hydrogen-bond acceptors (Lipinski definition) is 5. The van der Waals surface area contributed by atoms with Crippen molar-refractivity contribution in [2.75, 3.05) is 5.32 Å². The first kappa shape index (κ1) is 16.7. The van der Waals surface area contributed by atoms with Crippen LogP contribution in [0.3, 0.4) is 0 Å². The molecule has 0 saturated heterocycles. The summed E-state index contributed by atoms with van der Waals surface area (Å²) in [5.41, 5.74) is -1.24. The molecule has 1 amide bonds. The van der Waals surface area contributed by atoms with Crippen LogP contribution in [-0.2, 0) is 0 Å². The van der Waals surface area contributed by atoms with Gasteiger partial charge < -0.3 is 5.32 Å². The molecule has 2 aromatic carbocycles. The van der Waals surface area contributed by atoms with E-state index < -0.39 is 27.1 Å². The third-order valence-electron chi connectivity index (χ3n) is 2.81. The first-order chi connectivity index (χ1) is 10.8. The van der Waals surface area contributed by atoms with Crippen LogP contribution in [-0.4, -0.2) is 15.8 Å². The summed E-state index contributed by atoms with van der Waals surface area (Å²) in [6.45, 7) is 0. The number of amides is 1. The smallest absolute Gasteiger partial charge is 0.299 e. The van der Waals surface area contributed by atoms with Crippen molar-refractivity contribution < 1.29 is 14.6 Å². The topological polar surface area (TPSA) is 115 Å². The van der Waals surface area contributed by atoms with Crippen LogP contribution in [0.4, 0.5) is 17.1 Å². The maximum absolute atomic E-state index is 12.2. The molecule has 0 aromatic heterocycles. The number of nitro groups is 2. The minimum absolute atomic E-state index is 0.0202. The fraction of sp³-hybridized carbons (Fsp3) is 0. The van der Waals surface area contributed by atoms with Crippen molar-refractivity contribution in [3.05, 3.63) is 72.2 Å². The Balaban J connectivity index is 2.39. The second-order valence-corrected chi connectivity index (χ2v) is 5.14. The Labute approximate surface area is 138 Å². The van der Waals surface area contributed by atoms with Gasteiger partial charge in [-0.25, -0.2) is 0 Å². The van der Waals surface area contributed by atoms with Gasteiger partial charge in [-0.3, -0.25) is 25.0 Å². The zero-order valence-electron chi connectivity index (χ0n) is 11.2. The van der Waals surface area contributed by atoms with Crippen molar-refractivity contribution in [1.82, 2.24) is 0 Å². The molecule has 10 heteroatoms. The highest BCUT2D eigenvalue weighted by molar-refractivity contribution is 6.36. The first-order valence-corrected chi connectivity index (χ1v) is 6.74. The third-order valence-corrected chi connectivity index (χ3v) is 3.37. The molecule has 0 aliphatic heterocycles. The van der Waals surface area contributed by atoms with E-state index in [2.05, 4.69) is 5.32 Å². The average Bonchev–Trinajstić information content (AvgIpc) is 2.49. The molecule has 0 bridgehead atoms. The van der Waals surface area contributed by atoms with Gasteiger partial charge in [-0.2, -0.15) is 0 Å². The fourth-order valence-corrected chi connectivity index (χ4v) is 2.13. The number of anilines is 1. The van der Waals surface area contributed by atoms with Gasteiger partial charge in [-0.15, -0.1) is 0 Å². The zero-order valence-corrected chi connectivity index (χ0v) is 12.7. The Morgan fingerprint density at radius 2 is 1.70 bits per heavy atom. The molecule has 0 atom stereocenters. The molecule has 0 fully saturated rings. The minimum atomic E-state index is -0.831. The zero-order chi connectivity index (χ0) is 17.1. The van der Waals surface area contributed by atoms with Gasteiger partial charge in [0.1, 0.15) is 5.69 Å². The van der Waals surface area contributed by atoms with Gasteiger partial charge >= 0.3 is 0 Å². The lowest BCUT2D eigenvalue weighted by atomic mass is 10.2. The molecular formula is C13H7Cl2N3O5. The molecule has 2 aromatic rings. The van der Waals surface area contributed by atoms with Crippen LogP contribution in [0.25, 0.3) is 0 Å². The SMILES string of the molecule is O=C(Nc1ccc([N+](=O)[O-])cc1[N+](=O)[O-])c1cc(Cl)ccc1Cl. The summed E-state index contributed by atoms with van der Waals surface area (Å²) in [4.78, 5) is 32.3. The van der Waals surface area contributed by atoms with E-state index in [0.29, 0.717) is 0 Å². The van der Waals surface area contributed by atoms with E-state index in [1.54, 1.807) is 0 Å². The van der Waals surface area contributed by atoms with Gasteiger partial charge in [0.2, 0.25) is 0 Å². The molecule has 0 heterocycles. The van der Waals surface area contributed by atoms with Crippen molar-refractivity contribution in [2.45, 2.75) is 0 Å². The normalized spacial score (nSPS) is 10.2. The molecule has 23 heavy (non-hydrogen) atoms. The maximum Gasteiger partial charge on any atom is 0.299 e. The van der Waals surface area contributed by atoms with Gasteiger partial charge in [-0.05, 0) is 24.3 Å². The Bertz CT molecular complexity index is 825. The van der Waals surface area contributed by atoms with E-state index in [-0.39, 0.29) is 21.3 Å². The van der Waals surface area contributed by atoms with E-state index >= 15 is 0 Å². The van der Waals surface area contributed by atoms with Crippen molar-refractivity contribution in [1.29, 1.82) is 0 Å². The molecule has 0 aliphatic rings. The molecule has 1 N–H and O–H groups in total. The second-order valence-electron chi connectivity index (χ2n) is 4.29. The van der Waals surface area contributed by atoms with Crippen molar-refractivity contribution in [2.24, 2.45) is 0 Å². The molecule has 0 aliphatic carbocycles. The Morgan fingerprint density at radius 3 is 2.30 bits per heavy atom. The maximum atomic E-state index is 12.2. The summed E-state index contributed by atoms with van der Waals surface area (Å²) in [6.07, 6.45) is 0. The monoisotopic (exact) mass is 355 g/mol. The Kier molecular flexibility index (Phi) is 4.77. The van der Waals surface area contributed by atoms with Crippen LogP contribution in [0, 0.1) is 20.2 Å². The average molecular weight is 356 g/mol. The van der Waals surface area contributed by atoms with Gasteiger partial charge in [0.15, 0.2) is 0 Å². The number of non-ortho nitro benzene ring substituents is 1. The predicted octanol–water partition coefficient (Wildman–Crippen LogP) is 4.06. The highest BCUT2D eigenvalue weighted by Gasteiger charge is 2.22. The molecule has 0 unspecified atom stereocenters. The molecule has 0 saturated carbocycles. The van der Waals surface area contributed by atoms with Gasteiger partial charge in [0.05, 0.1) is 26.5 Å². The number of nitro benzene ring substituents is 2. The van der Waals surface area contributed by atoms with Gasteiger partial charge in [-0.1, -0.05) is 23.2 Å². The van der Waals surface area contributed by atoms with E-state index in [4.69, 9.17) is 23.2 Å². The molecular weight excluding hydrogens is 349 g/mol. The summed E-state index contributed by atoms with van der Waals surface area (Å²) >= 11 is 11.7. The number of nitrogens with one attached hydrogen (secondary N) is 1. The molecule has 0 spiro atoms. The second kappa shape index (κ2) is 6.59. The number of carbonyl (C=O) groups is 1. The lowest BCUT2D eigenvalue weighted by Gasteiger charge is -2.07. The van der Waals surface area contributed by atoms with Crippen molar-refractivity contribution in [3.63, 3.8) is 0 Å². The highest BCUT2D eigenvalue weighted by atomic mass is 35.5. The number of hydrogen-bond donors (Lipinski definition) is 1. The number of nitrogens with zero attached hydrogens (tertiary/aromatic N) is 2. The number of halogens is 2. The molecule has 118 valence electrons. The van der Waals surface area contributed by atoms with E-state index in [0.717, 1.165) is 18.2 Å². The van der Waals surface area contributed by atoms with Crippen LogP contribution in [0.2, 0.25) is 10.0 Å². The van der Waals surface area contributed by atoms with E-state index in [1.807, 2.05) is 0 Å². The van der Waals surface area contributed by atoms with Crippen LogP contribution in [0.15, 0.2) is 36.4 Å². The summed E-state index contributed by atoms with van der Waals surface area (Å²) in [5.74, 6) is -0.727. The summed E-state index contributed by atoms with van der Waals surface area (Å²) < 4.78 is 0.